The molecular weight excluding hydrogens is 136 g/mol. The van der Waals surface area contributed by atoms with Gasteiger partial charge in [-0.25, -0.2) is 4.58 Å². The van der Waals surface area contributed by atoms with Crippen LogP contribution in [-0.4, -0.2) is 23.9 Å². The standard InChI is InChI=1S/C9H19N2/c1-6-9(3,10)8(2)7-11(4)5/h7H,4,6,10H2,1-3,5H3/q+1. The topological polar surface area (TPSA) is 29.0 Å². The molecule has 2 N–H and O–H groups in total. The fourth-order valence-electron chi connectivity index (χ4n) is 0.757. The van der Waals surface area contributed by atoms with Crippen LogP contribution >= 0.6 is 0 Å². The summed E-state index contributed by atoms with van der Waals surface area (Å²) < 4.78 is 1.77. The Kier molecular flexibility index (Phi) is 3.46. The van der Waals surface area contributed by atoms with Gasteiger partial charge in [0.1, 0.15) is 13.8 Å². The van der Waals surface area contributed by atoms with Crippen molar-refractivity contribution in [3.8, 4) is 0 Å². The molecule has 0 spiro atoms. The van der Waals surface area contributed by atoms with Crippen LogP contribution in [0.3, 0.4) is 0 Å². The summed E-state index contributed by atoms with van der Waals surface area (Å²) in [7, 11) is 1.90. The third-order valence-corrected chi connectivity index (χ3v) is 2.05. The quantitative estimate of drug-likeness (QED) is 0.484. The largest absolute Gasteiger partial charge is 0.322 e. The summed E-state index contributed by atoms with van der Waals surface area (Å²) in [5, 5.41) is 0. The molecule has 64 valence electrons. The maximum absolute atomic E-state index is 5.99. The fraction of sp³-hybridized carbons (Fsp3) is 0.667. The average Bonchev–Trinajstić information content (AvgIpc) is 1.86. The monoisotopic (exact) mass is 155 g/mol. The Labute approximate surface area is 69.4 Å². The molecule has 1 unspecified atom stereocenters. The van der Waals surface area contributed by atoms with Crippen LogP contribution in [0.4, 0.5) is 0 Å². The van der Waals surface area contributed by atoms with Gasteiger partial charge in [-0.05, 0) is 20.3 Å². The van der Waals surface area contributed by atoms with E-state index in [4.69, 9.17) is 5.73 Å². The highest BCUT2D eigenvalue weighted by atomic mass is 14.9. The zero-order valence-corrected chi connectivity index (χ0v) is 8.02. The van der Waals surface area contributed by atoms with E-state index in [-0.39, 0.29) is 5.54 Å². The van der Waals surface area contributed by atoms with E-state index in [9.17, 15) is 0 Å². The smallest absolute Gasteiger partial charge is 0.168 e. The van der Waals surface area contributed by atoms with Gasteiger partial charge in [-0.15, -0.1) is 0 Å². The lowest BCUT2D eigenvalue weighted by Gasteiger charge is -2.21. The molecule has 0 radical (unpaired) electrons. The summed E-state index contributed by atoms with van der Waals surface area (Å²) in [6.07, 6.45) is 2.91. The van der Waals surface area contributed by atoms with Crippen molar-refractivity contribution in [2.24, 2.45) is 5.73 Å². The summed E-state index contributed by atoms with van der Waals surface area (Å²) in [5.41, 5.74) is 6.96. The van der Waals surface area contributed by atoms with E-state index in [1.807, 2.05) is 27.1 Å². The Hall–Kier alpha value is -0.630. The molecule has 0 aromatic carbocycles. The number of nitrogens with two attached hydrogens (primary N) is 1. The molecule has 0 heterocycles. The highest BCUT2D eigenvalue weighted by Crippen LogP contribution is 2.15. The maximum atomic E-state index is 5.99. The van der Waals surface area contributed by atoms with E-state index in [2.05, 4.69) is 13.6 Å². The zero-order valence-electron chi connectivity index (χ0n) is 8.02. The van der Waals surface area contributed by atoms with Gasteiger partial charge in [0.25, 0.3) is 0 Å². The Balaban J connectivity index is 4.46. The lowest BCUT2D eigenvalue weighted by Crippen LogP contribution is -2.36. The van der Waals surface area contributed by atoms with Crippen molar-refractivity contribution in [3.63, 3.8) is 0 Å². The van der Waals surface area contributed by atoms with Crippen molar-refractivity contribution in [2.45, 2.75) is 32.7 Å². The van der Waals surface area contributed by atoms with Crippen LogP contribution in [0.15, 0.2) is 11.8 Å². The van der Waals surface area contributed by atoms with Gasteiger partial charge >= 0.3 is 0 Å². The zero-order chi connectivity index (χ0) is 9.07. The molecule has 0 aliphatic heterocycles. The first-order chi connectivity index (χ1) is 4.90. The van der Waals surface area contributed by atoms with Gasteiger partial charge in [0.2, 0.25) is 0 Å². The first kappa shape index (κ1) is 10.4. The normalized spacial score (nSPS) is 17.7. The van der Waals surface area contributed by atoms with Gasteiger partial charge in [-0.3, -0.25) is 0 Å². The number of rotatable bonds is 3. The third kappa shape index (κ3) is 3.33. The van der Waals surface area contributed by atoms with Crippen molar-refractivity contribution in [2.75, 3.05) is 7.05 Å². The van der Waals surface area contributed by atoms with E-state index in [1.54, 1.807) is 4.58 Å². The average molecular weight is 155 g/mol. The summed E-state index contributed by atoms with van der Waals surface area (Å²) in [4.78, 5) is 0. The lowest BCUT2D eigenvalue weighted by atomic mass is 9.92. The highest BCUT2D eigenvalue weighted by Gasteiger charge is 2.19. The molecule has 0 saturated carbocycles. The molecule has 0 aliphatic carbocycles. The Morgan fingerprint density at radius 3 is 2.45 bits per heavy atom. The second-order valence-electron chi connectivity index (χ2n) is 3.34. The van der Waals surface area contributed by atoms with Crippen LogP contribution in [-0.2, 0) is 0 Å². The van der Waals surface area contributed by atoms with Crippen LogP contribution in [0.2, 0.25) is 0 Å². The van der Waals surface area contributed by atoms with E-state index in [0.717, 1.165) is 12.0 Å². The number of nitrogens with zero attached hydrogens (tertiary/aromatic N) is 1. The summed E-state index contributed by atoms with van der Waals surface area (Å²) in [5.74, 6) is 0. The molecular formula is C9H19N2+. The predicted octanol–water partition coefficient (Wildman–Crippen LogP) is 1.36. The van der Waals surface area contributed by atoms with Crippen molar-refractivity contribution in [1.82, 2.24) is 0 Å². The number of hydrogen-bond donors (Lipinski definition) is 1. The van der Waals surface area contributed by atoms with Crippen LogP contribution in [0, 0.1) is 0 Å². The Morgan fingerprint density at radius 2 is 2.18 bits per heavy atom. The van der Waals surface area contributed by atoms with Gasteiger partial charge in [-0.1, -0.05) is 6.92 Å². The van der Waals surface area contributed by atoms with Gasteiger partial charge in [0.15, 0.2) is 6.20 Å². The third-order valence-electron chi connectivity index (χ3n) is 2.05. The molecule has 2 heteroatoms. The van der Waals surface area contributed by atoms with Gasteiger partial charge in [0, 0.05) is 11.1 Å². The molecule has 0 amide bonds. The van der Waals surface area contributed by atoms with Crippen LogP contribution in [0.25, 0.3) is 0 Å². The molecule has 1 atom stereocenters. The van der Waals surface area contributed by atoms with Gasteiger partial charge in [0.05, 0.1) is 0 Å². The molecule has 0 fully saturated rings. The molecule has 11 heavy (non-hydrogen) atoms. The fourth-order valence-corrected chi connectivity index (χ4v) is 0.757. The Bertz CT molecular complexity index is 178. The lowest BCUT2D eigenvalue weighted by molar-refractivity contribution is -0.413. The van der Waals surface area contributed by atoms with E-state index >= 15 is 0 Å². The van der Waals surface area contributed by atoms with Crippen LogP contribution in [0.5, 0.6) is 0 Å². The Morgan fingerprint density at radius 1 is 1.73 bits per heavy atom. The first-order valence-electron chi connectivity index (χ1n) is 3.91. The second-order valence-corrected chi connectivity index (χ2v) is 3.34. The first-order valence-corrected chi connectivity index (χ1v) is 3.91. The van der Waals surface area contributed by atoms with Crippen molar-refractivity contribution in [3.05, 3.63) is 11.8 Å². The molecule has 0 saturated heterocycles. The van der Waals surface area contributed by atoms with Gasteiger partial charge < -0.3 is 5.73 Å². The molecule has 0 aromatic heterocycles. The SMILES string of the molecule is C=[N+](C)C=C(C)C(C)(N)CC. The summed E-state index contributed by atoms with van der Waals surface area (Å²) >= 11 is 0. The molecule has 0 aromatic rings. The van der Waals surface area contributed by atoms with Crippen molar-refractivity contribution >= 4 is 6.72 Å². The summed E-state index contributed by atoms with van der Waals surface area (Å²) in [6.45, 7) is 9.87. The minimum atomic E-state index is -0.189. The summed E-state index contributed by atoms with van der Waals surface area (Å²) in [6, 6.07) is 0. The van der Waals surface area contributed by atoms with E-state index in [1.165, 1.54) is 0 Å². The molecule has 0 aliphatic rings. The van der Waals surface area contributed by atoms with Crippen molar-refractivity contribution in [1.29, 1.82) is 0 Å². The molecule has 2 nitrogen and oxygen atoms in total. The van der Waals surface area contributed by atoms with Crippen LogP contribution < -0.4 is 5.73 Å². The minimum absolute atomic E-state index is 0.189. The maximum Gasteiger partial charge on any atom is 0.168 e. The number of hydrogen-bond acceptors (Lipinski definition) is 1. The minimum Gasteiger partial charge on any atom is -0.322 e. The van der Waals surface area contributed by atoms with E-state index < -0.39 is 0 Å². The molecule has 0 rings (SSSR count). The van der Waals surface area contributed by atoms with Crippen molar-refractivity contribution < 1.29 is 4.58 Å². The molecule has 0 bridgehead atoms. The second kappa shape index (κ2) is 3.67. The predicted molar refractivity (Wildman–Crippen MR) is 49.9 cm³/mol. The van der Waals surface area contributed by atoms with Gasteiger partial charge in [-0.2, -0.15) is 0 Å². The van der Waals surface area contributed by atoms with E-state index in [0.29, 0.717) is 0 Å². The highest BCUT2D eigenvalue weighted by molar-refractivity contribution is 5.18. The van der Waals surface area contributed by atoms with Crippen LogP contribution in [0.1, 0.15) is 27.2 Å².